The summed E-state index contributed by atoms with van der Waals surface area (Å²) in [7, 11) is 0. The Kier molecular flexibility index (Phi) is 10.8. The minimum absolute atomic E-state index is 0.108. The average molecular weight is 641 g/mol. The van der Waals surface area contributed by atoms with Gasteiger partial charge in [-0.05, 0) is 42.7 Å². The molecule has 2 rings (SSSR count). The van der Waals surface area contributed by atoms with Crippen LogP contribution in [0, 0.1) is 0 Å². The molecular formula is C25H20Cl2F10N2O2. The molecule has 1 aliphatic rings. The van der Waals surface area contributed by atoms with Crippen molar-refractivity contribution in [2.24, 2.45) is 0 Å². The van der Waals surface area contributed by atoms with Gasteiger partial charge in [-0.15, -0.1) is 0 Å². The number of alkyl halides is 9. The van der Waals surface area contributed by atoms with E-state index in [1.165, 1.54) is 5.32 Å². The Morgan fingerprint density at radius 2 is 1.51 bits per heavy atom. The second-order valence-electron chi connectivity index (χ2n) is 8.88. The number of carbonyl (C=O) groups is 2. The van der Waals surface area contributed by atoms with Gasteiger partial charge in [-0.1, -0.05) is 48.0 Å². The topological polar surface area (TPSA) is 58.2 Å². The summed E-state index contributed by atoms with van der Waals surface area (Å²) >= 11 is 11.5. The van der Waals surface area contributed by atoms with Crippen LogP contribution in [0.3, 0.4) is 0 Å². The van der Waals surface area contributed by atoms with Crippen LogP contribution in [0.25, 0.3) is 0 Å². The van der Waals surface area contributed by atoms with Gasteiger partial charge < -0.3 is 10.6 Å². The second-order valence-corrected chi connectivity index (χ2v) is 9.75. The van der Waals surface area contributed by atoms with Gasteiger partial charge in [0.05, 0.1) is 6.42 Å². The number of hydrogen-bond donors (Lipinski definition) is 2. The highest BCUT2D eigenvalue weighted by atomic mass is 35.5. The van der Waals surface area contributed by atoms with Crippen LogP contribution in [-0.4, -0.2) is 42.4 Å². The zero-order valence-corrected chi connectivity index (χ0v) is 22.0. The lowest BCUT2D eigenvalue weighted by atomic mass is 9.96. The van der Waals surface area contributed by atoms with E-state index in [2.05, 4.69) is 6.58 Å². The van der Waals surface area contributed by atoms with Crippen LogP contribution >= 0.6 is 23.2 Å². The summed E-state index contributed by atoms with van der Waals surface area (Å²) in [5.74, 6) is -6.95. The normalized spacial score (nSPS) is 17.1. The molecule has 0 aliphatic heterocycles. The Hall–Kier alpha value is -3.00. The molecule has 1 unspecified atom stereocenters. The molecule has 1 saturated carbocycles. The summed E-state index contributed by atoms with van der Waals surface area (Å²) in [5.41, 5.74) is -4.28. The van der Waals surface area contributed by atoms with Crippen molar-refractivity contribution in [2.75, 3.05) is 6.54 Å². The maximum absolute atomic E-state index is 15.0. The van der Waals surface area contributed by atoms with Crippen molar-refractivity contribution in [2.45, 2.75) is 49.2 Å². The number of nitrogens with one attached hydrogen (secondary N) is 2. The predicted molar refractivity (Wildman–Crippen MR) is 131 cm³/mol. The summed E-state index contributed by atoms with van der Waals surface area (Å²) in [5, 5.41) is 3.13. The average Bonchev–Trinajstić information content (AvgIpc) is 3.58. The number of rotatable bonds is 10. The molecule has 0 spiro atoms. The first-order chi connectivity index (χ1) is 18.7. The minimum Gasteiger partial charge on any atom is -0.345 e. The molecule has 2 amide bonds. The van der Waals surface area contributed by atoms with Gasteiger partial charge in [0.15, 0.2) is 0 Å². The lowest BCUT2D eigenvalue weighted by Crippen LogP contribution is -2.51. The minimum atomic E-state index is -5.06. The lowest BCUT2D eigenvalue weighted by Gasteiger charge is -2.19. The first-order valence-electron chi connectivity index (χ1n) is 11.3. The van der Waals surface area contributed by atoms with E-state index in [1.807, 2.05) is 5.32 Å². The maximum atomic E-state index is 15.0. The molecule has 1 aromatic carbocycles. The quantitative estimate of drug-likeness (QED) is 0.156. The standard InChI is InChI=1S/C25H20Cl2F10N2O2/c1-2-13(19(28)10-18(25(35,36)37)15-7-16(26)9-17(27)8-15)3-4-14(11-23(29,30)31)20(40)39-22(5-6-22)21(41)38-12-24(32,33)34/h2-4,7-10,18H,1,5-6,11-12H2,(H,38,41)(H,39,40)/b13-3+,14-4+,19-10-. The number of allylic oxidation sites excluding steroid dienone is 6. The van der Waals surface area contributed by atoms with Crippen molar-refractivity contribution in [3.05, 3.63) is 81.7 Å². The number of hydrogen-bond acceptors (Lipinski definition) is 2. The lowest BCUT2D eigenvalue weighted by molar-refractivity contribution is -0.141. The Morgan fingerprint density at radius 1 is 0.951 bits per heavy atom. The Morgan fingerprint density at radius 3 is 1.95 bits per heavy atom. The summed E-state index contributed by atoms with van der Waals surface area (Å²) in [4.78, 5) is 24.7. The van der Waals surface area contributed by atoms with Gasteiger partial charge in [0.25, 0.3) is 0 Å². The molecule has 0 radical (unpaired) electrons. The Labute approximate surface area is 236 Å². The van der Waals surface area contributed by atoms with E-state index in [0.717, 1.165) is 18.2 Å². The monoisotopic (exact) mass is 640 g/mol. The molecule has 0 saturated heterocycles. The molecule has 226 valence electrons. The first kappa shape index (κ1) is 34.2. The fourth-order valence-corrected chi connectivity index (χ4v) is 3.97. The molecule has 1 aliphatic carbocycles. The third kappa shape index (κ3) is 10.7. The molecule has 4 nitrogen and oxygen atoms in total. The SMILES string of the molecule is C=CC(=C\C=C(/CC(F)(F)F)C(=O)NC1(C(=O)NCC(F)(F)F)CC1)/C(F)=C/C(c1cc(Cl)cc(Cl)c1)C(F)(F)F. The van der Waals surface area contributed by atoms with Gasteiger partial charge in [0, 0.05) is 21.2 Å². The molecule has 1 fully saturated rings. The van der Waals surface area contributed by atoms with Gasteiger partial charge in [0.1, 0.15) is 23.8 Å². The number of benzene rings is 1. The zero-order chi connectivity index (χ0) is 31.4. The molecular weight excluding hydrogens is 621 g/mol. The third-order valence-corrected chi connectivity index (χ3v) is 5.98. The van der Waals surface area contributed by atoms with Gasteiger partial charge in [-0.25, -0.2) is 4.39 Å². The highest BCUT2D eigenvalue weighted by molar-refractivity contribution is 6.34. The highest BCUT2D eigenvalue weighted by Crippen LogP contribution is 2.40. The Balaban J connectivity index is 2.41. The Bertz CT molecular complexity index is 1240. The number of amides is 2. The molecule has 0 bridgehead atoms. The molecule has 0 aromatic heterocycles. The van der Waals surface area contributed by atoms with Crippen LogP contribution in [0.1, 0.15) is 30.7 Å². The van der Waals surface area contributed by atoms with Crippen molar-refractivity contribution in [3.8, 4) is 0 Å². The van der Waals surface area contributed by atoms with Crippen molar-refractivity contribution < 1.29 is 53.5 Å². The van der Waals surface area contributed by atoms with E-state index in [9.17, 15) is 53.5 Å². The fourth-order valence-electron chi connectivity index (χ4n) is 3.42. The third-order valence-electron chi connectivity index (χ3n) is 5.54. The maximum Gasteiger partial charge on any atom is 0.405 e. The molecule has 1 atom stereocenters. The van der Waals surface area contributed by atoms with Crippen molar-refractivity contribution in [1.29, 1.82) is 0 Å². The summed E-state index contributed by atoms with van der Waals surface area (Å²) in [6.45, 7) is 1.47. The van der Waals surface area contributed by atoms with Gasteiger partial charge in [-0.2, -0.15) is 39.5 Å². The molecule has 2 N–H and O–H groups in total. The van der Waals surface area contributed by atoms with Crippen LogP contribution in [-0.2, 0) is 9.59 Å². The predicted octanol–water partition coefficient (Wildman–Crippen LogP) is 7.81. The zero-order valence-electron chi connectivity index (χ0n) is 20.5. The number of carbonyl (C=O) groups excluding carboxylic acids is 2. The van der Waals surface area contributed by atoms with Crippen LogP contribution in [0.2, 0.25) is 10.0 Å². The first-order valence-corrected chi connectivity index (χ1v) is 12.1. The second kappa shape index (κ2) is 12.9. The molecule has 41 heavy (non-hydrogen) atoms. The molecule has 0 heterocycles. The summed E-state index contributed by atoms with van der Waals surface area (Å²) < 4.78 is 133. The van der Waals surface area contributed by atoms with Crippen LogP contribution in [0.4, 0.5) is 43.9 Å². The largest absolute Gasteiger partial charge is 0.405 e. The van der Waals surface area contributed by atoms with Crippen LogP contribution in [0.15, 0.2) is 66.1 Å². The van der Waals surface area contributed by atoms with E-state index in [4.69, 9.17) is 23.2 Å². The van der Waals surface area contributed by atoms with Crippen molar-refractivity contribution in [1.82, 2.24) is 10.6 Å². The molecule has 1 aromatic rings. The van der Waals surface area contributed by atoms with E-state index < -0.39 is 77.3 Å². The van der Waals surface area contributed by atoms with Crippen molar-refractivity contribution >= 4 is 35.0 Å². The van der Waals surface area contributed by atoms with Gasteiger partial charge in [0.2, 0.25) is 11.8 Å². The van der Waals surface area contributed by atoms with Crippen molar-refractivity contribution in [3.63, 3.8) is 0 Å². The van der Waals surface area contributed by atoms with Gasteiger partial charge in [-0.3, -0.25) is 9.59 Å². The van der Waals surface area contributed by atoms with Gasteiger partial charge >= 0.3 is 18.5 Å². The summed E-state index contributed by atoms with van der Waals surface area (Å²) in [6, 6.07) is 2.91. The van der Waals surface area contributed by atoms with E-state index >= 15 is 0 Å². The highest BCUT2D eigenvalue weighted by Gasteiger charge is 2.52. The van der Waals surface area contributed by atoms with E-state index in [0.29, 0.717) is 18.2 Å². The van der Waals surface area contributed by atoms with Crippen LogP contribution < -0.4 is 10.6 Å². The number of halogens is 12. The fraction of sp³-hybridized carbons (Fsp3) is 0.360. The smallest absolute Gasteiger partial charge is 0.345 e. The van der Waals surface area contributed by atoms with E-state index in [-0.39, 0.29) is 29.0 Å². The van der Waals surface area contributed by atoms with Crippen LogP contribution in [0.5, 0.6) is 0 Å². The summed E-state index contributed by atoms with van der Waals surface area (Å²) in [6.07, 6.45) is -15.3. The molecule has 16 heteroatoms. The van der Waals surface area contributed by atoms with E-state index in [1.54, 1.807) is 0 Å².